The molecule has 0 bridgehead atoms. The smallest absolute Gasteiger partial charge is 0.162 e. The predicted octanol–water partition coefficient (Wildman–Crippen LogP) is 2.94. The Hall–Kier alpha value is -2.21. The highest BCUT2D eigenvalue weighted by Gasteiger charge is 2.41. The molecule has 1 spiro atoms. The molecule has 0 atom stereocenters. The summed E-state index contributed by atoms with van der Waals surface area (Å²) >= 11 is 1.36. The lowest BCUT2D eigenvalue weighted by molar-refractivity contribution is 0.237. The molecule has 0 unspecified atom stereocenters. The molecule has 148 valence electrons. The lowest BCUT2D eigenvalue weighted by Crippen LogP contribution is -2.41. The van der Waals surface area contributed by atoms with Crippen molar-refractivity contribution >= 4 is 28.7 Å². The third kappa shape index (κ3) is 3.24. The molecule has 0 aliphatic carbocycles. The van der Waals surface area contributed by atoms with Crippen LogP contribution in [0.1, 0.15) is 24.8 Å². The lowest BCUT2D eigenvalue weighted by atomic mass is 9.77. The van der Waals surface area contributed by atoms with Crippen molar-refractivity contribution in [2.24, 2.45) is 10.6 Å². The van der Waals surface area contributed by atoms with E-state index in [0.717, 1.165) is 55.6 Å². The molecule has 2 fully saturated rings. The minimum Gasteiger partial charge on any atom is -0.493 e. The molecule has 0 radical (unpaired) electrons. The standard InChI is InChI=1S/C20H25N5O2S/c1-26-17-9-15-16(10-18(17)27-2)23-12-14(11-21)19(15)24-6-3-20(4-7-24)5-8-25(13-20)28-22/h9-10,12H,3-8,13,22H2,1-2H3. The minimum atomic E-state index is 0.347. The van der Waals surface area contributed by atoms with Crippen molar-refractivity contribution in [3.8, 4) is 17.6 Å². The maximum absolute atomic E-state index is 9.71. The normalized spacial score (nSPS) is 19.1. The van der Waals surface area contributed by atoms with Gasteiger partial charge in [-0.25, -0.2) is 4.31 Å². The fourth-order valence-corrected chi connectivity index (χ4v) is 5.07. The molecule has 3 heterocycles. The molecule has 0 amide bonds. The van der Waals surface area contributed by atoms with Crippen LogP contribution >= 0.6 is 12.1 Å². The van der Waals surface area contributed by atoms with Gasteiger partial charge in [0.05, 0.1) is 31.0 Å². The van der Waals surface area contributed by atoms with E-state index in [9.17, 15) is 5.26 Å². The van der Waals surface area contributed by atoms with Gasteiger partial charge in [-0.1, -0.05) is 0 Å². The van der Waals surface area contributed by atoms with Crippen molar-refractivity contribution < 1.29 is 9.47 Å². The number of nitrogens with zero attached hydrogens (tertiary/aromatic N) is 4. The van der Waals surface area contributed by atoms with Crippen LogP contribution in [0.3, 0.4) is 0 Å². The lowest BCUT2D eigenvalue weighted by Gasteiger charge is -2.40. The van der Waals surface area contributed by atoms with Gasteiger partial charge in [0.25, 0.3) is 0 Å². The average Bonchev–Trinajstić information content (AvgIpc) is 3.15. The van der Waals surface area contributed by atoms with Crippen LogP contribution in [-0.2, 0) is 0 Å². The third-order valence-electron chi connectivity index (χ3n) is 6.16. The number of methoxy groups -OCH3 is 2. The number of aromatic nitrogens is 1. The Morgan fingerprint density at radius 1 is 1.14 bits per heavy atom. The highest BCUT2D eigenvalue weighted by atomic mass is 32.2. The summed E-state index contributed by atoms with van der Waals surface area (Å²) in [6.45, 7) is 3.95. The Balaban J connectivity index is 1.69. The first-order valence-corrected chi connectivity index (χ1v) is 10.3. The van der Waals surface area contributed by atoms with E-state index in [1.165, 1.54) is 18.6 Å². The highest BCUT2D eigenvalue weighted by Crippen LogP contribution is 2.44. The number of nitrogens with two attached hydrogens (primary N) is 1. The number of nitriles is 1. The van der Waals surface area contributed by atoms with Gasteiger partial charge in [-0.2, -0.15) is 5.26 Å². The number of hydrogen-bond acceptors (Lipinski definition) is 8. The van der Waals surface area contributed by atoms with Crippen molar-refractivity contribution in [2.45, 2.75) is 19.3 Å². The van der Waals surface area contributed by atoms with Crippen molar-refractivity contribution in [3.05, 3.63) is 23.9 Å². The van der Waals surface area contributed by atoms with E-state index in [2.05, 4.69) is 20.3 Å². The van der Waals surface area contributed by atoms with Crippen LogP contribution in [0.15, 0.2) is 18.3 Å². The van der Waals surface area contributed by atoms with Gasteiger partial charge in [0, 0.05) is 56.0 Å². The molecule has 2 N–H and O–H groups in total. The van der Waals surface area contributed by atoms with Crippen LogP contribution in [0.5, 0.6) is 11.5 Å². The second-order valence-corrected chi connectivity index (χ2v) is 8.29. The van der Waals surface area contributed by atoms with Crippen LogP contribution in [-0.4, -0.2) is 49.7 Å². The summed E-state index contributed by atoms with van der Waals surface area (Å²) in [4.78, 5) is 6.81. The number of anilines is 1. The van der Waals surface area contributed by atoms with Gasteiger partial charge in [-0.15, -0.1) is 0 Å². The molecule has 4 rings (SSSR count). The van der Waals surface area contributed by atoms with E-state index in [4.69, 9.17) is 14.6 Å². The first kappa shape index (κ1) is 19.1. The number of fused-ring (bicyclic) bond motifs is 1. The molecular weight excluding hydrogens is 374 g/mol. The predicted molar refractivity (Wildman–Crippen MR) is 111 cm³/mol. The number of hydrogen-bond donors (Lipinski definition) is 1. The van der Waals surface area contributed by atoms with Crippen LogP contribution in [0.25, 0.3) is 10.9 Å². The molecule has 2 aromatic rings. The van der Waals surface area contributed by atoms with E-state index in [0.29, 0.717) is 22.5 Å². The van der Waals surface area contributed by atoms with Gasteiger partial charge in [0.1, 0.15) is 6.07 Å². The van der Waals surface area contributed by atoms with Gasteiger partial charge < -0.3 is 14.4 Å². The fraction of sp³-hybridized carbons (Fsp3) is 0.500. The van der Waals surface area contributed by atoms with Crippen LogP contribution < -0.4 is 19.5 Å². The highest BCUT2D eigenvalue weighted by molar-refractivity contribution is 7.94. The molecule has 2 saturated heterocycles. The Labute approximate surface area is 169 Å². The molecular formula is C20H25N5O2S. The second kappa shape index (κ2) is 7.66. The zero-order valence-electron chi connectivity index (χ0n) is 16.3. The summed E-state index contributed by atoms with van der Waals surface area (Å²) in [6.07, 6.45) is 5.06. The summed E-state index contributed by atoms with van der Waals surface area (Å²) in [7, 11) is 3.24. The number of piperidine rings is 1. The first-order chi connectivity index (χ1) is 13.6. The van der Waals surface area contributed by atoms with Gasteiger partial charge in [0.15, 0.2) is 11.5 Å². The number of ether oxygens (including phenoxy) is 2. The fourth-order valence-electron chi connectivity index (χ4n) is 4.52. The summed E-state index contributed by atoms with van der Waals surface area (Å²) < 4.78 is 13.2. The van der Waals surface area contributed by atoms with E-state index in [1.807, 2.05) is 12.1 Å². The van der Waals surface area contributed by atoms with Crippen LogP contribution in [0, 0.1) is 16.7 Å². The summed E-state index contributed by atoms with van der Waals surface area (Å²) in [5, 5.41) is 16.4. The summed E-state index contributed by atoms with van der Waals surface area (Å²) in [6, 6.07) is 6.13. The van der Waals surface area contributed by atoms with E-state index in [-0.39, 0.29) is 0 Å². The molecule has 2 aliphatic heterocycles. The second-order valence-electron chi connectivity index (χ2n) is 7.56. The van der Waals surface area contributed by atoms with Crippen LogP contribution in [0.4, 0.5) is 5.69 Å². The van der Waals surface area contributed by atoms with Crippen molar-refractivity contribution in [1.82, 2.24) is 9.29 Å². The molecule has 2 aliphatic rings. The summed E-state index contributed by atoms with van der Waals surface area (Å²) in [5.41, 5.74) is 2.70. The van der Waals surface area contributed by atoms with E-state index in [1.54, 1.807) is 20.4 Å². The van der Waals surface area contributed by atoms with Gasteiger partial charge in [-0.3, -0.25) is 10.1 Å². The monoisotopic (exact) mass is 399 g/mol. The number of benzene rings is 1. The maximum atomic E-state index is 9.71. The van der Waals surface area contributed by atoms with Gasteiger partial charge in [-0.05, 0) is 30.7 Å². The third-order valence-corrected chi connectivity index (χ3v) is 6.77. The Kier molecular flexibility index (Phi) is 5.23. The maximum Gasteiger partial charge on any atom is 0.162 e. The quantitative estimate of drug-likeness (QED) is 0.785. The van der Waals surface area contributed by atoms with Gasteiger partial charge in [0.2, 0.25) is 0 Å². The Morgan fingerprint density at radius 2 is 1.82 bits per heavy atom. The number of pyridine rings is 1. The molecule has 0 saturated carbocycles. The van der Waals surface area contributed by atoms with Crippen LogP contribution in [0.2, 0.25) is 0 Å². The molecule has 1 aromatic heterocycles. The first-order valence-electron chi connectivity index (χ1n) is 9.44. The minimum absolute atomic E-state index is 0.347. The zero-order valence-corrected chi connectivity index (χ0v) is 17.1. The zero-order chi connectivity index (χ0) is 19.7. The SMILES string of the molecule is COc1cc2ncc(C#N)c(N3CCC4(CCN(SN)C4)CC3)c2cc1OC. The van der Waals surface area contributed by atoms with E-state index >= 15 is 0 Å². The molecule has 28 heavy (non-hydrogen) atoms. The average molecular weight is 400 g/mol. The Morgan fingerprint density at radius 3 is 2.43 bits per heavy atom. The largest absolute Gasteiger partial charge is 0.493 e. The topological polar surface area (TPSA) is 87.6 Å². The Bertz CT molecular complexity index is 921. The van der Waals surface area contributed by atoms with Crippen molar-refractivity contribution in [1.29, 1.82) is 5.26 Å². The molecule has 1 aromatic carbocycles. The summed E-state index contributed by atoms with van der Waals surface area (Å²) in [5.74, 6) is 1.29. The van der Waals surface area contributed by atoms with Crippen molar-refractivity contribution in [2.75, 3.05) is 45.3 Å². The number of rotatable bonds is 4. The van der Waals surface area contributed by atoms with E-state index < -0.39 is 0 Å². The molecule has 7 nitrogen and oxygen atoms in total. The van der Waals surface area contributed by atoms with Crippen molar-refractivity contribution in [3.63, 3.8) is 0 Å². The molecule has 8 heteroatoms. The van der Waals surface area contributed by atoms with Gasteiger partial charge >= 0.3 is 0 Å².